The Kier molecular flexibility index (Phi) is 5.68. The second kappa shape index (κ2) is 7.73. The summed E-state index contributed by atoms with van der Waals surface area (Å²) in [4.78, 5) is 30.7. The van der Waals surface area contributed by atoms with Gasteiger partial charge in [-0.05, 0) is 57.0 Å². The lowest BCUT2D eigenvalue weighted by molar-refractivity contribution is 0.0767. The number of hydrogen-bond acceptors (Lipinski definition) is 3. The predicted molar refractivity (Wildman–Crippen MR) is 95.4 cm³/mol. The highest BCUT2D eigenvalue weighted by atomic mass is 16.2. The molecule has 0 bridgehead atoms. The molecule has 0 aliphatic heterocycles. The molecule has 1 aromatic heterocycles. The summed E-state index contributed by atoms with van der Waals surface area (Å²) in [6.07, 6.45) is 0. The zero-order valence-electron chi connectivity index (χ0n) is 14.6. The van der Waals surface area contributed by atoms with Crippen molar-refractivity contribution in [3.8, 4) is 0 Å². The van der Waals surface area contributed by atoms with Crippen LogP contribution in [0.25, 0.3) is 0 Å². The monoisotopic (exact) mass is 325 g/mol. The van der Waals surface area contributed by atoms with Crippen molar-refractivity contribution in [2.75, 3.05) is 18.4 Å². The molecular weight excluding hydrogens is 302 g/mol. The molecule has 2 rings (SSSR count). The third-order valence-electron chi connectivity index (χ3n) is 3.89. The molecule has 5 heteroatoms. The lowest BCUT2D eigenvalue weighted by atomic mass is 10.1. The fourth-order valence-corrected chi connectivity index (χ4v) is 2.41. The topological polar surface area (TPSA) is 62.3 Å². The number of pyridine rings is 1. The van der Waals surface area contributed by atoms with E-state index in [0.717, 1.165) is 16.8 Å². The van der Waals surface area contributed by atoms with Crippen LogP contribution < -0.4 is 5.32 Å². The van der Waals surface area contributed by atoms with E-state index in [1.807, 2.05) is 45.9 Å². The van der Waals surface area contributed by atoms with Gasteiger partial charge in [0.25, 0.3) is 11.8 Å². The number of aryl methyl sites for hydroxylation is 2. The van der Waals surface area contributed by atoms with Crippen LogP contribution in [0.5, 0.6) is 0 Å². The lowest BCUT2D eigenvalue weighted by Gasteiger charge is -2.18. The summed E-state index contributed by atoms with van der Waals surface area (Å²) in [5, 5.41) is 2.86. The zero-order valence-corrected chi connectivity index (χ0v) is 14.6. The number of nitrogens with zero attached hydrogens (tertiary/aromatic N) is 2. The maximum Gasteiger partial charge on any atom is 0.274 e. The SMILES string of the molecule is CCN(CC)C(=O)c1cccc(C(=O)Nc2cc(C)ccc2C)n1. The summed E-state index contributed by atoms with van der Waals surface area (Å²) >= 11 is 0. The summed E-state index contributed by atoms with van der Waals surface area (Å²) < 4.78 is 0. The number of hydrogen-bond donors (Lipinski definition) is 1. The van der Waals surface area contributed by atoms with Crippen molar-refractivity contribution < 1.29 is 9.59 Å². The number of rotatable bonds is 5. The van der Waals surface area contributed by atoms with Crippen LogP contribution in [0.15, 0.2) is 36.4 Å². The van der Waals surface area contributed by atoms with Crippen LogP contribution in [-0.2, 0) is 0 Å². The molecule has 0 aliphatic rings. The molecular formula is C19H23N3O2. The average molecular weight is 325 g/mol. The normalized spacial score (nSPS) is 10.3. The highest BCUT2D eigenvalue weighted by Crippen LogP contribution is 2.17. The van der Waals surface area contributed by atoms with Crippen molar-refractivity contribution in [1.82, 2.24) is 9.88 Å². The minimum absolute atomic E-state index is 0.165. The summed E-state index contributed by atoms with van der Waals surface area (Å²) in [5.74, 6) is -0.487. The largest absolute Gasteiger partial charge is 0.338 e. The molecule has 2 amide bonds. The van der Waals surface area contributed by atoms with Crippen LogP contribution >= 0.6 is 0 Å². The molecule has 0 aliphatic carbocycles. The molecule has 24 heavy (non-hydrogen) atoms. The second-order valence-electron chi connectivity index (χ2n) is 5.66. The molecule has 5 nitrogen and oxygen atoms in total. The van der Waals surface area contributed by atoms with Crippen LogP contribution in [0.3, 0.4) is 0 Å². The number of amides is 2. The first-order chi connectivity index (χ1) is 11.5. The summed E-state index contributed by atoms with van der Waals surface area (Å²) in [6, 6.07) is 10.8. The van der Waals surface area contributed by atoms with Gasteiger partial charge in [-0.15, -0.1) is 0 Å². The molecule has 0 saturated heterocycles. The van der Waals surface area contributed by atoms with Gasteiger partial charge in [-0.25, -0.2) is 4.98 Å². The van der Waals surface area contributed by atoms with Gasteiger partial charge in [0.15, 0.2) is 0 Å². The van der Waals surface area contributed by atoms with Crippen LogP contribution in [0.1, 0.15) is 46.0 Å². The molecule has 0 atom stereocenters. The molecule has 0 radical (unpaired) electrons. The predicted octanol–water partition coefficient (Wildman–Crippen LogP) is 3.43. The highest BCUT2D eigenvalue weighted by Gasteiger charge is 2.16. The molecule has 1 N–H and O–H groups in total. The van der Waals surface area contributed by atoms with Crippen LogP contribution in [0.4, 0.5) is 5.69 Å². The van der Waals surface area contributed by atoms with Crippen molar-refractivity contribution in [1.29, 1.82) is 0 Å². The van der Waals surface area contributed by atoms with Gasteiger partial charge in [0.1, 0.15) is 11.4 Å². The number of aromatic nitrogens is 1. The fourth-order valence-electron chi connectivity index (χ4n) is 2.41. The van der Waals surface area contributed by atoms with E-state index < -0.39 is 0 Å². The maximum atomic E-state index is 12.5. The van der Waals surface area contributed by atoms with E-state index in [9.17, 15) is 9.59 Å². The average Bonchev–Trinajstić information content (AvgIpc) is 2.59. The van der Waals surface area contributed by atoms with Crippen molar-refractivity contribution in [2.24, 2.45) is 0 Å². The summed E-state index contributed by atoms with van der Waals surface area (Å²) in [6.45, 7) is 8.95. The minimum Gasteiger partial charge on any atom is -0.338 e. The summed E-state index contributed by atoms with van der Waals surface area (Å²) in [7, 11) is 0. The number of nitrogens with one attached hydrogen (secondary N) is 1. The van der Waals surface area contributed by atoms with Crippen LogP contribution in [-0.4, -0.2) is 34.8 Å². The van der Waals surface area contributed by atoms with Crippen molar-refractivity contribution in [3.05, 3.63) is 58.9 Å². The fraction of sp³-hybridized carbons (Fsp3) is 0.316. The van der Waals surface area contributed by atoms with Gasteiger partial charge in [0.05, 0.1) is 0 Å². The molecule has 0 spiro atoms. The second-order valence-corrected chi connectivity index (χ2v) is 5.66. The van der Waals surface area contributed by atoms with E-state index in [2.05, 4.69) is 10.3 Å². The van der Waals surface area contributed by atoms with E-state index in [0.29, 0.717) is 13.1 Å². The number of carbonyl (C=O) groups excluding carboxylic acids is 2. The molecule has 0 saturated carbocycles. The van der Waals surface area contributed by atoms with E-state index in [1.165, 1.54) is 0 Å². The molecule has 2 aromatic rings. The lowest BCUT2D eigenvalue weighted by Crippen LogP contribution is -2.31. The Morgan fingerprint density at radius 2 is 1.71 bits per heavy atom. The summed E-state index contributed by atoms with van der Waals surface area (Å²) in [5.41, 5.74) is 3.31. The standard InChI is InChI=1S/C19H23N3O2/c1-5-22(6-2)19(24)16-9-7-8-15(20-16)18(23)21-17-12-13(3)10-11-14(17)4/h7-12H,5-6H2,1-4H3,(H,21,23). The van der Waals surface area contributed by atoms with Gasteiger partial charge >= 0.3 is 0 Å². The van der Waals surface area contributed by atoms with E-state index in [-0.39, 0.29) is 23.2 Å². The Morgan fingerprint density at radius 3 is 2.38 bits per heavy atom. The molecule has 1 heterocycles. The number of carbonyl (C=O) groups is 2. The van der Waals surface area contributed by atoms with Crippen molar-refractivity contribution in [3.63, 3.8) is 0 Å². The van der Waals surface area contributed by atoms with Crippen molar-refractivity contribution >= 4 is 17.5 Å². The third kappa shape index (κ3) is 3.98. The quantitative estimate of drug-likeness (QED) is 0.916. The van der Waals surface area contributed by atoms with E-state index >= 15 is 0 Å². The van der Waals surface area contributed by atoms with Gasteiger partial charge in [0, 0.05) is 18.8 Å². The first-order valence-corrected chi connectivity index (χ1v) is 8.11. The van der Waals surface area contributed by atoms with Gasteiger partial charge in [-0.2, -0.15) is 0 Å². The molecule has 0 fully saturated rings. The molecule has 126 valence electrons. The van der Waals surface area contributed by atoms with Gasteiger partial charge < -0.3 is 10.2 Å². The number of benzene rings is 1. The Labute approximate surface area is 142 Å². The molecule has 0 unspecified atom stereocenters. The Morgan fingerprint density at radius 1 is 1.04 bits per heavy atom. The maximum absolute atomic E-state index is 12.5. The number of anilines is 1. The molecule has 1 aromatic carbocycles. The first kappa shape index (κ1) is 17.7. The minimum atomic E-state index is -0.321. The Balaban J connectivity index is 2.23. The first-order valence-electron chi connectivity index (χ1n) is 8.11. The van der Waals surface area contributed by atoms with Gasteiger partial charge in [-0.3, -0.25) is 9.59 Å². The Hall–Kier alpha value is -2.69. The highest BCUT2D eigenvalue weighted by molar-refractivity contribution is 6.04. The smallest absolute Gasteiger partial charge is 0.274 e. The van der Waals surface area contributed by atoms with Crippen LogP contribution in [0.2, 0.25) is 0 Å². The third-order valence-corrected chi connectivity index (χ3v) is 3.89. The van der Waals surface area contributed by atoms with Gasteiger partial charge in [-0.1, -0.05) is 18.2 Å². The Bertz CT molecular complexity index is 752. The zero-order chi connectivity index (χ0) is 17.7. The van der Waals surface area contributed by atoms with Crippen LogP contribution in [0, 0.1) is 13.8 Å². The van der Waals surface area contributed by atoms with Crippen molar-refractivity contribution in [2.45, 2.75) is 27.7 Å². The van der Waals surface area contributed by atoms with Gasteiger partial charge in [0.2, 0.25) is 0 Å². The van der Waals surface area contributed by atoms with E-state index in [4.69, 9.17) is 0 Å². The van der Waals surface area contributed by atoms with E-state index in [1.54, 1.807) is 23.1 Å².